The van der Waals surface area contributed by atoms with Crippen LogP contribution in [-0.4, -0.2) is 27.0 Å². The topological polar surface area (TPSA) is 150 Å². The number of aromatic hydroxyl groups is 1. The van der Waals surface area contributed by atoms with Crippen molar-refractivity contribution < 1.29 is 27.0 Å². The lowest BCUT2D eigenvalue weighted by Crippen LogP contribution is -2.29. The van der Waals surface area contributed by atoms with Gasteiger partial charge in [-0.1, -0.05) is 54.6 Å². The molecular formula is C22H21N3O6S2. The van der Waals surface area contributed by atoms with E-state index in [0.717, 1.165) is 21.6 Å². The first kappa shape index (κ1) is 22.6. The summed E-state index contributed by atoms with van der Waals surface area (Å²) in [4.78, 5) is 0. The van der Waals surface area contributed by atoms with Gasteiger partial charge in [-0.15, -0.1) is 0 Å². The van der Waals surface area contributed by atoms with Gasteiger partial charge in [0.1, 0.15) is 11.4 Å². The number of hydrogen-bond acceptors (Lipinski definition) is 6. The first-order chi connectivity index (χ1) is 15.5. The Bertz CT molecular complexity index is 1450. The second-order valence-electron chi connectivity index (χ2n) is 7.57. The van der Waals surface area contributed by atoms with E-state index in [1.54, 1.807) is 12.1 Å². The van der Waals surface area contributed by atoms with Crippen LogP contribution in [0, 0.1) is 0 Å². The van der Waals surface area contributed by atoms with Gasteiger partial charge in [0, 0.05) is 0 Å². The molecule has 1 heterocycles. The summed E-state index contributed by atoms with van der Waals surface area (Å²) in [6.45, 7) is 0. The molecule has 3 aromatic carbocycles. The summed E-state index contributed by atoms with van der Waals surface area (Å²) in [5.74, 6) is -1.23. The number of phenols is 1. The number of hydrogen-bond donors (Lipinski definition) is 4. The summed E-state index contributed by atoms with van der Waals surface area (Å²) >= 11 is 0. The van der Waals surface area contributed by atoms with Gasteiger partial charge in [0.05, 0.1) is 12.0 Å². The van der Waals surface area contributed by atoms with Gasteiger partial charge >= 0.3 is 10.2 Å². The van der Waals surface area contributed by atoms with Gasteiger partial charge < -0.3 is 10.2 Å². The van der Waals surface area contributed by atoms with E-state index in [2.05, 4.69) is 0 Å². The van der Waals surface area contributed by atoms with E-state index >= 15 is 0 Å². The Hall–Kier alpha value is -3.54. The number of aliphatic hydroxyl groups is 1. The molecule has 0 bridgehead atoms. The Morgan fingerprint density at radius 1 is 0.909 bits per heavy atom. The second kappa shape index (κ2) is 8.43. The minimum Gasteiger partial charge on any atom is -0.506 e. The maximum Gasteiger partial charge on any atom is 0.330 e. The largest absolute Gasteiger partial charge is 0.506 e. The van der Waals surface area contributed by atoms with Crippen molar-refractivity contribution in [3.05, 3.63) is 95.5 Å². The van der Waals surface area contributed by atoms with Crippen LogP contribution >= 0.6 is 0 Å². The smallest absolute Gasteiger partial charge is 0.330 e. The summed E-state index contributed by atoms with van der Waals surface area (Å²) < 4.78 is 50.3. The maximum atomic E-state index is 12.1. The summed E-state index contributed by atoms with van der Waals surface area (Å²) in [6, 6.07) is 19.4. The van der Waals surface area contributed by atoms with Crippen LogP contribution < -0.4 is 14.2 Å². The highest BCUT2D eigenvalue weighted by molar-refractivity contribution is 7.91. The maximum absolute atomic E-state index is 12.1. The summed E-state index contributed by atoms with van der Waals surface area (Å²) in [5.41, 5.74) is 3.65. The molecule has 0 saturated carbocycles. The molecule has 1 aliphatic heterocycles. The molecule has 0 radical (unpaired) electrons. The third-order valence-corrected chi connectivity index (χ3v) is 7.07. The highest BCUT2D eigenvalue weighted by atomic mass is 32.2. The average molecular weight is 488 g/mol. The van der Waals surface area contributed by atoms with Crippen LogP contribution in [-0.2, 0) is 32.4 Å². The molecule has 0 saturated heterocycles. The zero-order valence-electron chi connectivity index (χ0n) is 17.2. The normalized spacial score (nSPS) is 15.2. The van der Waals surface area contributed by atoms with E-state index in [-0.39, 0.29) is 23.6 Å². The molecule has 0 aromatic heterocycles. The molecular weight excluding hydrogens is 466 g/mol. The third kappa shape index (κ3) is 5.11. The Kier molecular flexibility index (Phi) is 5.78. The molecule has 0 fully saturated rings. The number of benzene rings is 3. The van der Waals surface area contributed by atoms with Crippen LogP contribution in [0.1, 0.15) is 16.7 Å². The van der Waals surface area contributed by atoms with Crippen molar-refractivity contribution >= 4 is 25.9 Å². The van der Waals surface area contributed by atoms with Crippen LogP contribution in [0.15, 0.2) is 78.8 Å². The number of sulfonamides is 1. The zero-order chi connectivity index (χ0) is 23.8. The standard InChI is InChI=1S/C22H21N3O6S2/c23-32(28,29)14-18-8-7-17(16-4-2-1-3-5-16)12-19(18)10-15-6-9-20(21(26)11-15)25-13-22(27)24-33(25,30)31/h1-9,11-13,24,26-27H,10,14H2,(H2,23,28,29). The van der Waals surface area contributed by atoms with Crippen molar-refractivity contribution in [1.29, 1.82) is 0 Å². The minimum absolute atomic E-state index is 0.0434. The number of rotatable bonds is 6. The fourth-order valence-corrected chi connectivity index (χ4v) is 5.41. The van der Waals surface area contributed by atoms with Crippen molar-refractivity contribution in [2.45, 2.75) is 12.2 Å². The molecule has 0 atom stereocenters. The van der Waals surface area contributed by atoms with Gasteiger partial charge in [-0.25, -0.2) is 22.6 Å². The highest BCUT2D eigenvalue weighted by Gasteiger charge is 2.30. The number of aliphatic hydroxyl groups excluding tert-OH is 1. The third-order valence-electron chi connectivity index (χ3n) is 5.07. The van der Waals surface area contributed by atoms with E-state index in [1.807, 2.05) is 47.2 Å². The fraction of sp³-hybridized carbons (Fsp3) is 0.0909. The van der Waals surface area contributed by atoms with Crippen molar-refractivity contribution in [1.82, 2.24) is 4.72 Å². The molecule has 172 valence electrons. The number of nitrogens with two attached hydrogens (primary N) is 1. The molecule has 9 nitrogen and oxygen atoms in total. The quantitative estimate of drug-likeness (QED) is 0.419. The predicted octanol–water partition coefficient (Wildman–Crippen LogP) is 2.45. The number of phenolic OH excluding ortho intramolecular Hbond substituents is 1. The molecule has 11 heteroatoms. The van der Waals surface area contributed by atoms with Crippen molar-refractivity contribution in [2.75, 3.05) is 4.31 Å². The lowest BCUT2D eigenvalue weighted by atomic mass is 9.95. The molecule has 1 aliphatic rings. The number of anilines is 1. The van der Waals surface area contributed by atoms with Gasteiger partial charge in [-0.3, -0.25) is 0 Å². The van der Waals surface area contributed by atoms with E-state index in [4.69, 9.17) is 5.14 Å². The van der Waals surface area contributed by atoms with Crippen molar-refractivity contribution in [3.8, 4) is 16.9 Å². The number of primary sulfonamides is 1. The molecule has 0 aliphatic carbocycles. The van der Waals surface area contributed by atoms with Gasteiger partial charge in [0.25, 0.3) is 0 Å². The lowest BCUT2D eigenvalue weighted by Gasteiger charge is -2.17. The number of nitrogens with one attached hydrogen (secondary N) is 1. The Labute approximate surface area is 191 Å². The lowest BCUT2D eigenvalue weighted by molar-refractivity contribution is 0.392. The predicted molar refractivity (Wildman–Crippen MR) is 125 cm³/mol. The van der Waals surface area contributed by atoms with Crippen molar-refractivity contribution in [2.24, 2.45) is 5.14 Å². The van der Waals surface area contributed by atoms with Crippen LogP contribution in [0.2, 0.25) is 0 Å². The average Bonchev–Trinajstić information content (AvgIpc) is 3.01. The Balaban J connectivity index is 1.71. The van der Waals surface area contributed by atoms with Crippen molar-refractivity contribution in [3.63, 3.8) is 0 Å². The monoisotopic (exact) mass is 487 g/mol. The highest BCUT2D eigenvalue weighted by Crippen LogP contribution is 2.34. The van der Waals surface area contributed by atoms with Gasteiger partial charge in [-0.05, 0) is 46.4 Å². The first-order valence-corrected chi connectivity index (χ1v) is 12.9. The van der Waals surface area contributed by atoms with Gasteiger partial charge in [0.2, 0.25) is 15.9 Å². The van der Waals surface area contributed by atoms with E-state index in [9.17, 15) is 27.0 Å². The Morgan fingerprint density at radius 2 is 1.64 bits per heavy atom. The summed E-state index contributed by atoms with van der Waals surface area (Å²) in [7, 11) is -7.82. The van der Waals surface area contributed by atoms with E-state index in [1.165, 1.54) is 12.1 Å². The zero-order valence-corrected chi connectivity index (χ0v) is 18.8. The minimum atomic E-state index is -4.05. The first-order valence-electron chi connectivity index (χ1n) is 9.74. The molecule has 5 N–H and O–H groups in total. The fourth-order valence-electron chi connectivity index (χ4n) is 3.63. The van der Waals surface area contributed by atoms with Crippen LogP contribution in [0.25, 0.3) is 11.1 Å². The van der Waals surface area contributed by atoms with Crippen LogP contribution in [0.5, 0.6) is 5.75 Å². The molecule has 0 spiro atoms. The second-order valence-corrected chi connectivity index (χ2v) is 10.7. The molecule has 33 heavy (non-hydrogen) atoms. The SMILES string of the molecule is NS(=O)(=O)Cc1ccc(-c2ccccc2)cc1Cc1ccc(N2C=C(O)NS2(=O)=O)c(O)c1. The van der Waals surface area contributed by atoms with Crippen LogP contribution in [0.4, 0.5) is 5.69 Å². The van der Waals surface area contributed by atoms with Gasteiger partial charge in [0.15, 0.2) is 0 Å². The van der Waals surface area contributed by atoms with Gasteiger partial charge in [-0.2, -0.15) is 8.42 Å². The molecule has 3 aromatic rings. The molecule has 0 amide bonds. The number of nitrogens with zero attached hydrogens (tertiary/aromatic N) is 1. The Morgan fingerprint density at radius 3 is 2.24 bits per heavy atom. The van der Waals surface area contributed by atoms with E-state index in [0.29, 0.717) is 16.7 Å². The van der Waals surface area contributed by atoms with E-state index < -0.39 is 26.1 Å². The molecule has 0 unspecified atom stereocenters. The summed E-state index contributed by atoms with van der Waals surface area (Å²) in [6.07, 6.45) is 1.21. The van der Waals surface area contributed by atoms with Crippen LogP contribution in [0.3, 0.4) is 0 Å². The molecule has 4 rings (SSSR count). The summed E-state index contributed by atoms with van der Waals surface area (Å²) in [5, 5.41) is 25.2.